The Kier molecular flexibility index (Phi) is 4.62. The summed E-state index contributed by atoms with van der Waals surface area (Å²) in [4.78, 5) is 0. The fourth-order valence-electron chi connectivity index (χ4n) is 1.34. The van der Waals surface area contributed by atoms with Crippen LogP contribution in [0.1, 0.15) is 18.9 Å². The van der Waals surface area contributed by atoms with Crippen LogP contribution in [0.3, 0.4) is 0 Å². The van der Waals surface area contributed by atoms with Crippen molar-refractivity contribution >= 4 is 0 Å². The minimum Gasteiger partial charge on any atom is -0.317 e. The van der Waals surface area contributed by atoms with Gasteiger partial charge in [0.25, 0.3) is 0 Å². The van der Waals surface area contributed by atoms with Gasteiger partial charge in [0, 0.05) is 0 Å². The van der Waals surface area contributed by atoms with E-state index in [1.165, 1.54) is 6.07 Å². The first-order valence-electron chi connectivity index (χ1n) is 5.00. The molecule has 0 aliphatic rings. The van der Waals surface area contributed by atoms with Gasteiger partial charge in [0.2, 0.25) is 0 Å². The molecule has 84 valence electrons. The van der Waals surface area contributed by atoms with Crippen molar-refractivity contribution in [2.45, 2.75) is 19.8 Å². The molecule has 1 N–H and O–H groups in total. The van der Waals surface area contributed by atoms with Crippen molar-refractivity contribution in [1.29, 1.82) is 0 Å². The van der Waals surface area contributed by atoms with Crippen molar-refractivity contribution in [2.24, 2.45) is 0 Å². The topological polar surface area (TPSA) is 12.0 Å². The molecule has 0 unspecified atom stereocenters. The average Bonchev–Trinajstić information content (AvgIpc) is 2.24. The molecule has 1 nitrogen and oxygen atoms in total. The molecule has 0 aliphatic carbocycles. The van der Waals surface area contributed by atoms with E-state index in [0.717, 1.165) is 19.2 Å². The summed E-state index contributed by atoms with van der Waals surface area (Å²) in [5, 5.41) is 3.07. The van der Waals surface area contributed by atoms with E-state index in [1.54, 1.807) is 0 Å². The highest BCUT2D eigenvalue weighted by molar-refractivity contribution is 5.20. The predicted molar refractivity (Wildman–Crippen MR) is 53.2 cm³/mol. The summed E-state index contributed by atoms with van der Waals surface area (Å²) in [6.07, 6.45) is 1.12. The van der Waals surface area contributed by atoms with Crippen LogP contribution < -0.4 is 5.32 Å². The second-order valence-corrected chi connectivity index (χ2v) is 3.29. The third-order valence-corrected chi connectivity index (χ3v) is 2.16. The summed E-state index contributed by atoms with van der Waals surface area (Å²) in [6, 6.07) is 2.25. The lowest BCUT2D eigenvalue weighted by atomic mass is 10.1. The third-order valence-electron chi connectivity index (χ3n) is 2.16. The summed E-state index contributed by atoms with van der Waals surface area (Å²) < 4.78 is 38.5. The molecule has 0 radical (unpaired) electrons. The smallest absolute Gasteiger partial charge is 0.194 e. The van der Waals surface area contributed by atoms with E-state index in [9.17, 15) is 13.2 Å². The maximum Gasteiger partial charge on any atom is 0.194 e. The number of benzene rings is 1. The van der Waals surface area contributed by atoms with Crippen molar-refractivity contribution in [3.63, 3.8) is 0 Å². The first-order chi connectivity index (χ1) is 7.16. The van der Waals surface area contributed by atoms with Gasteiger partial charge < -0.3 is 5.32 Å². The highest BCUT2D eigenvalue weighted by Crippen LogP contribution is 2.16. The van der Waals surface area contributed by atoms with E-state index in [4.69, 9.17) is 0 Å². The Labute approximate surface area is 87.3 Å². The van der Waals surface area contributed by atoms with E-state index < -0.39 is 17.5 Å². The number of aryl methyl sites for hydroxylation is 1. The summed E-state index contributed by atoms with van der Waals surface area (Å²) in [7, 11) is 0. The van der Waals surface area contributed by atoms with E-state index in [2.05, 4.69) is 5.32 Å². The van der Waals surface area contributed by atoms with Crippen LogP contribution in [0.4, 0.5) is 13.2 Å². The van der Waals surface area contributed by atoms with Gasteiger partial charge in [-0.05, 0) is 37.6 Å². The van der Waals surface area contributed by atoms with Gasteiger partial charge in [0.05, 0.1) is 0 Å². The Bertz CT molecular complexity index is 326. The van der Waals surface area contributed by atoms with Crippen molar-refractivity contribution in [2.75, 3.05) is 13.1 Å². The first kappa shape index (κ1) is 12.0. The molecule has 0 atom stereocenters. The Hall–Kier alpha value is -1.03. The predicted octanol–water partition coefficient (Wildman–Crippen LogP) is 2.65. The number of hydrogen-bond donors (Lipinski definition) is 1. The molecule has 0 spiro atoms. The van der Waals surface area contributed by atoms with Crippen LogP contribution in [0.25, 0.3) is 0 Å². The highest BCUT2D eigenvalue weighted by atomic mass is 19.2. The standard InChI is InChI=1S/C11H14F3N/c1-2-15-7-3-4-8-5-6-9(12)11(14)10(8)13/h5-6,15H,2-4,7H2,1H3. The van der Waals surface area contributed by atoms with Crippen LogP contribution >= 0.6 is 0 Å². The van der Waals surface area contributed by atoms with Gasteiger partial charge in [-0.3, -0.25) is 0 Å². The summed E-state index contributed by atoms with van der Waals surface area (Å²) in [6.45, 7) is 3.56. The number of nitrogens with one attached hydrogen (secondary N) is 1. The third kappa shape index (κ3) is 3.23. The number of halogens is 3. The van der Waals surface area contributed by atoms with Gasteiger partial charge in [-0.2, -0.15) is 0 Å². The van der Waals surface area contributed by atoms with Crippen molar-refractivity contribution in [1.82, 2.24) is 5.32 Å². The maximum absolute atomic E-state index is 13.1. The zero-order valence-electron chi connectivity index (χ0n) is 8.62. The summed E-state index contributed by atoms with van der Waals surface area (Å²) in [5.41, 5.74) is 0.229. The van der Waals surface area contributed by atoms with Gasteiger partial charge in [-0.25, -0.2) is 13.2 Å². The van der Waals surface area contributed by atoms with Crippen LogP contribution in [0.2, 0.25) is 0 Å². The van der Waals surface area contributed by atoms with Crippen molar-refractivity contribution in [3.8, 4) is 0 Å². The molecule has 1 rings (SSSR count). The quantitative estimate of drug-likeness (QED) is 0.590. The molecular formula is C11H14F3N. The fraction of sp³-hybridized carbons (Fsp3) is 0.455. The second kappa shape index (κ2) is 5.75. The zero-order chi connectivity index (χ0) is 11.3. The Balaban J connectivity index is 2.58. The van der Waals surface area contributed by atoms with E-state index in [1.807, 2.05) is 6.92 Å². The van der Waals surface area contributed by atoms with Gasteiger partial charge in [0.15, 0.2) is 17.5 Å². The van der Waals surface area contributed by atoms with Crippen LogP contribution in [0, 0.1) is 17.5 Å². The van der Waals surface area contributed by atoms with Crippen LogP contribution in [0.5, 0.6) is 0 Å². The lowest BCUT2D eigenvalue weighted by Gasteiger charge is -2.05. The molecule has 1 aromatic carbocycles. The average molecular weight is 217 g/mol. The lowest BCUT2D eigenvalue weighted by Crippen LogP contribution is -2.14. The second-order valence-electron chi connectivity index (χ2n) is 3.29. The largest absolute Gasteiger partial charge is 0.317 e. The highest BCUT2D eigenvalue weighted by Gasteiger charge is 2.12. The SMILES string of the molecule is CCNCCCc1ccc(F)c(F)c1F. The molecule has 0 heterocycles. The van der Waals surface area contributed by atoms with Crippen molar-refractivity contribution < 1.29 is 13.2 Å². The molecule has 0 amide bonds. The molecular weight excluding hydrogens is 203 g/mol. The molecule has 15 heavy (non-hydrogen) atoms. The Morgan fingerprint density at radius 1 is 1.13 bits per heavy atom. The fourth-order valence-corrected chi connectivity index (χ4v) is 1.34. The zero-order valence-corrected chi connectivity index (χ0v) is 8.62. The molecule has 0 aromatic heterocycles. The molecule has 1 aromatic rings. The molecule has 0 aliphatic heterocycles. The van der Waals surface area contributed by atoms with Gasteiger partial charge in [-0.15, -0.1) is 0 Å². The van der Waals surface area contributed by atoms with Gasteiger partial charge in [0.1, 0.15) is 0 Å². The number of hydrogen-bond acceptors (Lipinski definition) is 1. The molecule has 4 heteroatoms. The Morgan fingerprint density at radius 3 is 2.53 bits per heavy atom. The van der Waals surface area contributed by atoms with Crippen LogP contribution in [-0.4, -0.2) is 13.1 Å². The van der Waals surface area contributed by atoms with E-state index in [-0.39, 0.29) is 5.56 Å². The first-order valence-corrected chi connectivity index (χ1v) is 5.00. The molecule has 0 saturated heterocycles. The van der Waals surface area contributed by atoms with Gasteiger partial charge >= 0.3 is 0 Å². The maximum atomic E-state index is 13.1. The van der Waals surface area contributed by atoms with E-state index >= 15 is 0 Å². The van der Waals surface area contributed by atoms with Crippen molar-refractivity contribution in [3.05, 3.63) is 35.1 Å². The monoisotopic (exact) mass is 217 g/mol. The summed E-state index contributed by atoms with van der Waals surface area (Å²) in [5.74, 6) is -3.58. The minimum atomic E-state index is -1.38. The molecule has 0 fully saturated rings. The number of rotatable bonds is 5. The lowest BCUT2D eigenvalue weighted by molar-refractivity contribution is 0.440. The Morgan fingerprint density at radius 2 is 1.87 bits per heavy atom. The van der Waals surface area contributed by atoms with Crippen LogP contribution in [-0.2, 0) is 6.42 Å². The van der Waals surface area contributed by atoms with E-state index in [0.29, 0.717) is 12.8 Å². The molecule has 0 saturated carbocycles. The van der Waals surface area contributed by atoms with Crippen LogP contribution in [0.15, 0.2) is 12.1 Å². The summed E-state index contributed by atoms with van der Waals surface area (Å²) >= 11 is 0. The van der Waals surface area contributed by atoms with Gasteiger partial charge in [-0.1, -0.05) is 13.0 Å². The minimum absolute atomic E-state index is 0.229. The normalized spacial score (nSPS) is 10.7. The molecule has 0 bridgehead atoms.